The van der Waals surface area contributed by atoms with E-state index in [1.165, 1.54) is 0 Å². The Morgan fingerprint density at radius 1 is 1.23 bits per heavy atom. The molecule has 1 aromatic heterocycles. The van der Waals surface area contributed by atoms with Crippen LogP contribution in [0.3, 0.4) is 0 Å². The van der Waals surface area contributed by atoms with Crippen molar-refractivity contribution in [3.8, 4) is 0 Å². The van der Waals surface area contributed by atoms with Gasteiger partial charge in [-0.05, 0) is 36.4 Å². The van der Waals surface area contributed by atoms with Crippen LogP contribution in [0.5, 0.6) is 0 Å². The zero-order valence-corrected chi connectivity index (χ0v) is 13.0. The fourth-order valence-electron chi connectivity index (χ4n) is 2.10. The van der Waals surface area contributed by atoms with Crippen molar-refractivity contribution in [1.29, 1.82) is 0 Å². The van der Waals surface area contributed by atoms with E-state index in [1.807, 2.05) is 36.0 Å². The molecule has 2 atom stereocenters. The molecular formula is C16H21N3O3. The molecule has 0 saturated carbocycles. The third kappa shape index (κ3) is 3.46. The molecule has 6 heteroatoms. The van der Waals surface area contributed by atoms with Crippen LogP contribution in [-0.2, 0) is 16.6 Å². The van der Waals surface area contributed by atoms with Crippen LogP contribution in [-0.4, -0.2) is 34.1 Å². The lowest BCUT2D eigenvalue weighted by atomic mass is 10.1. The van der Waals surface area contributed by atoms with E-state index in [1.54, 1.807) is 19.9 Å². The molecule has 2 rings (SSSR count). The summed E-state index contributed by atoms with van der Waals surface area (Å²) in [5, 5.41) is 15.3. The van der Waals surface area contributed by atoms with Gasteiger partial charge in [0.05, 0.1) is 0 Å². The van der Waals surface area contributed by atoms with Gasteiger partial charge in [-0.1, -0.05) is 13.0 Å². The highest BCUT2D eigenvalue weighted by Crippen LogP contribution is 2.19. The van der Waals surface area contributed by atoms with Crippen LogP contribution in [0, 0.1) is 5.92 Å². The fourth-order valence-corrected chi connectivity index (χ4v) is 2.10. The first kappa shape index (κ1) is 16.0. The minimum absolute atomic E-state index is 0.0484. The van der Waals surface area contributed by atoms with Crippen molar-refractivity contribution >= 4 is 28.4 Å². The summed E-state index contributed by atoms with van der Waals surface area (Å²) in [7, 11) is 1.92. The molecule has 2 amide bonds. The van der Waals surface area contributed by atoms with Crippen LogP contribution in [0.1, 0.15) is 13.8 Å². The second-order valence-corrected chi connectivity index (χ2v) is 5.58. The smallest absolute Gasteiger partial charge is 0.313 e. The lowest BCUT2D eigenvalue weighted by molar-refractivity contribution is -0.136. The summed E-state index contributed by atoms with van der Waals surface area (Å²) >= 11 is 0. The van der Waals surface area contributed by atoms with Gasteiger partial charge in [-0.3, -0.25) is 9.59 Å². The number of carbonyl (C=O) groups excluding carboxylic acids is 2. The predicted octanol–water partition coefficient (Wildman–Crippen LogP) is 1.25. The second kappa shape index (κ2) is 6.62. The number of aryl methyl sites for hydroxylation is 1. The number of hydrogen-bond donors (Lipinski definition) is 3. The molecule has 118 valence electrons. The van der Waals surface area contributed by atoms with Gasteiger partial charge >= 0.3 is 11.8 Å². The van der Waals surface area contributed by atoms with Gasteiger partial charge in [-0.15, -0.1) is 0 Å². The van der Waals surface area contributed by atoms with Gasteiger partial charge in [0, 0.05) is 37.1 Å². The maximum absolute atomic E-state index is 11.9. The summed E-state index contributed by atoms with van der Waals surface area (Å²) in [4.78, 5) is 23.8. The minimum Gasteiger partial charge on any atom is -0.396 e. The molecule has 22 heavy (non-hydrogen) atoms. The van der Waals surface area contributed by atoms with Gasteiger partial charge in [-0.25, -0.2) is 0 Å². The molecule has 3 N–H and O–H groups in total. The molecule has 1 heterocycles. The Labute approximate surface area is 129 Å². The molecule has 0 fully saturated rings. The highest BCUT2D eigenvalue weighted by molar-refractivity contribution is 6.39. The van der Waals surface area contributed by atoms with Gasteiger partial charge in [0.15, 0.2) is 0 Å². The van der Waals surface area contributed by atoms with E-state index in [2.05, 4.69) is 10.6 Å². The zero-order chi connectivity index (χ0) is 16.3. The minimum atomic E-state index is -0.717. The number of aliphatic hydroxyl groups is 1. The van der Waals surface area contributed by atoms with Crippen LogP contribution in [0.15, 0.2) is 30.5 Å². The van der Waals surface area contributed by atoms with E-state index in [9.17, 15) is 9.59 Å². The number of hydrogen-bond acceptors (Lipinski definition) is 3. The molecule has 2 unspecified atom stereocenters. The van der Waals surface area contributed by atoms with Crippen molar-refractivity contribution in [2.75, 3.05) is 11.9 Å². The Kier molecular flexibility index (Phi) is 4.82. The van der Waals surface area contributed by atoms with Crippen LogP contribution in [0.4, 0.5) is 5.69 Å². The van der Waals surface area contributed by atoms with Crippen molar-refractivity contribution in [3.63, 3.8) is 0 Å². The average molecular weight is 303 g/mol. The molecule has 6 nitrogen and oxygen atoms in total. The van der Waals surface area contributed by atoms with Crippen LogP contribution < -0.4 is 10.6 Å². The predicted molar refractivity (Wildman–Crippen MR) is 85.4 cm³/mol. The molecule has 0 bridgehead atoms. The van der Waals surface area contributed by atoms with Crippen molar-refractivity contribution in [2.24, 2.45) is 13.0 Å². The van der Waals surface area contributed by atoms with E-state index >= 15 is 0 Å². The summed E-state index contributed by atoms with van der Waals surface area (Å²) in [6.07, 6.45) is 1.93. The molecule has 0 spiro atoms. The molecule has 0 aliphatic heterocycles. The summed E-state index contributed by atoms with van der Waals surface area (Å²) in [6, 6.07) is 7.16. The quantitative estimate of drug-likeness (QED) is 0.743. The average Bonchev–Trinajstić information content (AvgIpc) is 2.87. The normalized spacial score (nSPS) is 13.6. The van der Waals surface area contributed by atoms with Gasteiger partial charge in [0.2, 0.25) is 0 Å². The molecule has 0 radical (unpaired) electrons. The summed E-state index contributed by atoms with van der Waals surface area (Å²) in [5.74, 6) is -1.54. The Morgan fingerprint density at radius 3 is 2.64 bits per heavy atom. The van der Waals surface area contributed by atoms with Crippen LogP contribution in [0.2, 0.25) is 0 Å². The van der Waals surface area contributed by atoms with Crippen molar-refractivity contribution in [3.05, 3.63) is 30.5 Å². The number of nitrogens with one attached hydrogen (secondary N) is 2. The van der Waals surface area contributed by atoms with Crippen molar-refractivity contribution in [2.45, 2.75) is 19.9 Å². The first-order valence-corrected chi connectivity index (χ1v) is 7.20. The zero-order valence-electron chi connectivity index (χ0n) is 13.0. The van der Waals surface area contributed by atoms with E-state index in [-0.39, 0.29) is 18.6 Å². The first-order valence-electron chi connectivity index (χ1n) is 7.20. The topological polar surface area (TPSA) is 83.4 Å². The number of nitrogens with zero attached hydrogens (tertiary/aromatic N) is 1. The first-order chi connectivity index (χ1) is 10.4. The van der Waals surface area contributed by atoms with E-state index in [0.29, 0.717) is 5.69 Å². The third-order valence-corrected chi connectivity index (χ3v) is 3.85. The molecule has 0 aliphatic carbocycles. The van der Waals surface area contributed by atoms with Gasteiger partial charge in [0.25, 0.3) is 0 Å². The number of aromatic nitrogens is 1. The van der Waals surface area contributed by atoms with Crippen molar-refractivity contribution in [1.82, 2.24) is 9.88 Å². The molecule has 0 aliphatic rings. The highest BCUT2D eigenvalue weighted by atomic mass is 16.3. The number of benzene rings is 1. The number of rotatable bonds is 4. The number of amides is 2. The molecule has 2 aromatic rings. The largest absolute Gasteiger partial charge is 0.396 e. The molecule has 0 saturated heterocycles. The Morgan fingerprint density at radius 2 is 1.95 bits per heavy atom. The Hall–Kier alpha value is -2.34. The standard InChI is InChI=1S/C16H21N3O3/c1-10(9-20)11(2)17-15(21)16(22)18-13-5-4-12-6-7-19(3)14(12)8-13/h4-8,10-11,20H,9H2,1-3H3,(H,17,21)(H,18,22). The lowest BCUT2D eigenvalue weighted by Crippen LogP contribution is -2.43. The Balaban J connectivity index is 2.03. The number of fused-ring (bicyclic) bond motifs is 1. The van der Waals surface area contributed by atoms with E-state index < -0.39 is 11.8 Å². The van der Waals surface area contributed by atoms with Crippen molar-refractivity contribution < 1.29 is 14.7 Å². The SMILES string of the molecule is CC(CO)C(C)NC(=O)C(=O)Nc1ccc2ccn(C)c2c1. The highest BCUT2D eigenvalue weighted by Gasteiger charge is 2.19. The summed E-state index contributed by atoms with van der Waals surface area (Å²) in [6.45, 7) is 3.50. The van der Waals surface area contributed by atoms with Crippen LogP contribution in [0.25, 0.3) is 10.9 Å². The fraction of sp³-hybridized carbons (Fsp3) is 0.375. The second-order valence-electron chi connectivity index (χ2n) is 5.58. The van der Waals surface area contributed by atoms with E-state index in [0.717, 1.165) is 10.9 Å². The number of carbonyl (C=O) groups is 2. The molecule has 1 aromatic carbocycles. The number of anilines is 1. The maximum atomic E-state index is 11.9. The van der Waals surface area contributed by atoms with Gasteiger partial charge < -0.3 is 20.3 Å². The van der Waals surface area contributed by atoms with Crippen LogP contribution >= 0.6 is 0 Å². The molecular weight excluding hydrogens is 282 g/mol. The third-order valence-electron chi connectivity index (χ3n) is 3.85. The number of aliphatic hydroxyl groups excluding tert-OH is 1. The lowest BCUT2D eigenvalue weighted by Gasteiger charge is -2.18. The van der Waals surface area contributed by atoms with Gasteiger partial charge in [0.1, 0.15) is 0 Å². The maximum Gasteiger partial charge on any atom is 0.313 e. The van der Waals surface area contributed by atoms with Gasteiger partial charge in [-0.2, -0.15) is 0 Å². The summed E-state index contributed by atoms with van der Waals surface area (Å²) in [5.41, 5.74) is 1.54. The summed E-state index contributed by atoms with van der Waals surface area (Å²) < 4.78 is 1.94. The Bertz CT molecular complexity index is 693. The monoisotopic (exact) mass is 303 g/mol. The van der Waals surface area contributed by atoms with E-state index in [4.69, 9.17) is 5.11 Å².